The van der Waals surface area contributed by atoms with Crippen LogP contribution in [0.1, 0.15) is 26.2 Å². The van der Waals surface area contributed by atoms with Crippen LogP contribution in [0.15, 0.2) is 11.8 Å². The van der Waals surface area contributed by atoms with Crippen LogP contribution in [0.3, 0.4) is 0 Å². The van der Waals surface area contributed by atoms with Crippen molar-refractivity contribution in [1.29, 1.82) is 0 Å². The largest absolute Gasteiger partial charge is 0.496 e. The topological polar surface area (TPSA) is 21.3 Å². The predicted octanol–water partition coefficient (Wildman–Crippen LogP) is 1.43. The Morgan fingerprint density at radius 3 is 3.09 bits per heavy atom. The molecule has 0 spiro atoms. The summed E-state index contributed by atoms with van der Waals surface area (Å²) >= 11 is 0. The van der Waals surface area contributed by atoms with Gasteiger partial charge in [0.1, 0.15) is 5.76 Å². The van der Waals surface area contributed by atoms with Crippen LogP contribution in [0.4, 0.5) is 0 Å². The molecule has 2 heterocycles. The Morgan fingerprint density at radius 2 is 2.55 bits per heavy atom. The zero-order valence-corrected chi connectivity index (χ0v) is 7.02. The highest BCUT2D eigenvalue weighted by Crippen LogP contribution is 2.30. The third-order valence-corrected chi connectivity index (χ3v) is 2.62. The van der Waals surface area contributed by atoms with E-state index in [0.29, 0.717) is 0 Å². The summed E-state index contributed by atoms with van der Waals surface area (Å²) in [7, 11) is 0. The molecule has 2 aliphatic rings. The molecule has 0 amide bonds. The van der Waals surface area contributed by atoms with Crippen LogP contribution in [0.25, 0.3) is 0 Å². The first-order valence-corrected chi connectivity index (χ1v) is 4.40. The van der Waals surface area contributed by atoms with Gasteiger partial charge in [0, 0.05) is 6.42 Å². The monoisotopic (exact) mass is 153 g/mol. The summed E-state index contributed by atoms with van der Waals surface area (Å²) in [6.45, 7) is 4.25. The van der Waals surface area contributed by atoms with Crippen LogP contribution in [-0.2, 0) is 4.74 Å². The van der Waals surface area contributed by atoms with Crippen LogP contribution in [0.2, 0.25) is 0 Å². The Hall–Kier alpha value is -0.500. The lowest BCUT2D eigenvalue weighted by Crippen LogP contribution is -2.38. The van der Waals surface area contributed by atoms with Crippen molar-refractivity contribution in [1.82, 2.24) is 5.32 Å². The van der Waals surface area contributed by atoms with E-state index in [2.05, 4.69) is 18.3 Å². The van der Waals surface area contributed by atoms with Gasteiger partial charge in [-0.15, -0.1) is 0 Å². The zero-order chi connectivity index (χ0) is 7.73. The van der Waals surface area contributed by atoms with E-state index in [0.717, 1.165) is 19.6 Å². The van der Waals surface area contributed by atoms with E-state index >= 15 is 0 Å². The zero-order valence-electron chi connectivity index (χ0n) is 7.02. The molecule has 1 N–H and O–H groups in total. The average molecular weight is 153 g/mol. The summed E-state index contributed by atoms with van der Waals surface area (Å²) in [4.78, 5) is 0. The first-order valence-electron chi connectivity index (χ1n) is 4.40. The molecule has 1 fully saturated rings. The number of ether oxygens (including phenoxy) is 1. The minimum absolute atomic E-state index is 0.163. The van der Waals surface area contributed by atoms with E-state index in [1.165, 1.54) is 18.6 Å². The van der Waals surface area contributed by atoms with Crippen molar-refractivity contribution in [2.75, 3.05) is 13.2 Å². The van der Waals surface area contributed by atoms with E-state index < -0.39 is 0 Å². The number of hydrogen-bond acceptors (Lipinski definition) is 2. The van der Waals surface area contributed by atoms with Gasteiger partial charge < -0.3 is 10.1 Å². The van der Waals surface area contributed by atoms with Gasteiger partial charge in [-0.25, -0.2) is 0 Å². The molecule has 0 aliphatic carbocycles. The number of hydrogen-bond donors (Lipinski definition) is 1. The molecule has 1 atom stereocenters. The second kappa shape index (κ2) is 2.52. The first-order chi connectivity index (χ1) is 5.31. The third kappa shape index (κ3) is 1.16. The predicted molar refractivity (Wildman–Crippen MR) is 44.3 cm³/mol. The molecule has 2 nitrogen and oxygen atoms in total. The molecule has 2 rings (SSSR count). The van der Waals surface area contributed by atoms with E-state index in [9.17, 15) is 0 Å². The van der Waals surface area contributed by atoms with Crippen LogP contribution in [-0.4, -0.2) is 18.7 Å². The smallest absolute Gasteiger partial charge is 0.112 e. The Labute approximate surface area is 67.6 Å². The highest BCUT2D eigenvalue weighted by Gasteiger charge is 2.34. The molecule has 62 valence electrons. The highest BCUT2D eigenvalue weighted by atomic mass is 16.5. The normalized spacial score (nSPS) is 37.0. The molecule has 0 aromatic rings. The molecule has 0 aromatic carbocycles. The number of rotatable bonds is 1. The molecular weight excluding hydrogens is 138 g/mol. The highest BCUT2D eigenvalue weighted by molar-refractivity contribution is 5.17. The number of nitrogens with one attached hydrogen (secondary N) is 1. The van der Waals surface area contributed by atoms with Gasteiger partial charge in [0.25, 0.3) is 0 Å². The maximum atomic E-state index is 5.54. The maximum absolute atomic E-state index is 5.54. The Bertz CT molecular complexity index is 180. The standard InChI is InChI=1S/C9H15NO/c1-9(5-3-6-10-9)8-4-2-7-11-8/h4,10H,2-3,5-7H2,1H3. The summed E-state index contributed by atoms with van der Waals surface area (Å²) in [5.74, 6) is 1.18. The molecule has 0 saturated carbocycles. The van der Waals surface area contributed by atoms with Gasteiger partial charge in [0.05, 0.1) is 12.1 Å². The second-order valence-corrected chi connectivity index (χ2v) is 3.57. The SMILES string of the molecule is CC1(C2=CCCO2)CCCN1. The molecular formula is C9H15NO. The summed E-state index contributed by atoms with van der Waals surface area (Å²) in [6.07, 6.45) is 5.81. The van der Waals surface area contributed by atoms with Crippen molar-refractivity contribution in [3.63, 3.8) is 0 Å². The fourth-order valence-electron chi connectivity index (χ4n) is 1.91. The fraction of sp³-hybridized carbons (Fsp3) is 0.778. The van der Waals surface area contributed by atoms with Gasteiger partial charge in [-0.1, -0.05) is 0 Å². The van der Waals surface area contributed by atoms with Crippen molar-refractivity contribution in [3.05, 3.63) is 11.8 Å². The molecule has 11 heavy (non-hydrogen) atoms. The van der Waals surface area contributed by atoms with Crippen LogP contribution in [0, 0.1) is 0 Å². The van der Waals surface area contributed by atoms with E-state index in [1.54, 1.807) is 0 Å². The van der Waals surface area contributed by atoms with Crippen LogP contribution < -0.4 is 5.32 Å². The van der Waals surface area contributed by atoms with Crippen molar-refractivity contribution >= 4 is 0 Å². The Kier molecular flexibility index (Phi) is 1.64. The van der Waals surface area contributed by atoms with Crippen molar-refractivity contribution in [3.8, 4) is 0 Å². The second-order valence-electron chi connectivity index (χ2n) is 3.57. The van der Waals surface area contributed by atoms with Crippen LogP contribution >= 0.6 is 0 Å². The summed E-state index contributed by atoms with van der Waals surface area (Å²) in [6, 6.07) is 0. The van der Waals surface area contributed by atoms with Gasteiger partial charge in [-0.05, 0) is 32.4 Å². The van der Waals surface area contributed by atoms with E-state index in [1.807, 2.05) is 0 Å². The molecule has 0 aromatic heterocycles. The Morgan fingerprint density at radius 1 is 1.64 bits per heavy atom. The molecule has 1 saturated heterocycles. The van der Waals surface area contributed by atoms with Gasteiger partial charge in [-0.3, -0.25) is 0 Å². The van der Waals surface area contributed by atoms with Crippen molar-refractivity contribution in [2.24, 2.45) is 0 Å². The van der Waals surface area contributed by atoms with Gasteiger partial charge in [-0.2, -0.15) is 0 Å². The lowest BCUT2D eigenvalue weighted by atomic mass is 9.98. The summed E-state index contributed by atoms with van der Waals surface area (Å²) in [5.41, 5.74) is 0.163. The fourth-order valence-corrected chi connectivity index (χ4v) is 1.91. The minimum Gasteiger partial charge on any atom is -0.496 e. The van der Waals surface area contributed by atoms with E-state index in [-0.39, 0.29) is 5.54 Å². The maximum Gasteiger partial charge on any atom is 0.112 e. The summed E-state index contributed by atoms with van der Waals surface area (Å²) < 4.78 is 5.54. The van der Waals surface area contributed by atoms with Crippen molar-refractivity contribution < 1.29 is 4.74 Å². The van der Waals surface area contributed by atoms with Gasteiger partial charge >= 0.3 is 0 Å². The molecule has 0 radical (unpaired) electrons. The minimum atomic E-state index is 0.163. The first kappa shape index (κ1) is 7.17. The molecule has 2 heteroatoms. The van der Waals surface area contributed by atoms with Gasteiger partial charge in [0.15, 0.2) is 0 Å². The third-order valence-electron chi connectivity index (χ3n) is 2.62. The van der Waals surface area contributed by atoms with E-state index in [4.69, 9.17) is 4.74 Å². The quantitative estimate of drug-likeness (QED) is 0.615. The lowest BCUT2D eigenvalue weighted by Gasteiger charge is -2.24. The lowest BCUT2D eigenvalue weighted by molar-refractivity contribution is 0.188. The van der Waals surface area contributed by atoms with Crippen molar-refractivity contribution in [2.45, 2.75) is 31.7 Å². The summed E-state index contributed by atoms with van der Waals surface area (Å²) in [5, 5.41) is 3.48. The molecule has 1 unspecified atom stereocenters. The molecule has 2 aliphatic heterocycles. The Balaban J connectivity index is 2.12. The average Bonchev–Trinajstić information content (AvgIpc) is 2.55. The molecule has 0 bridgehead atoms. The van der Waals surface area contributed by atoms with Gasteiger partial charge in [0.2, 0.25) is 0 Å². The van der Waals surface area contributed by atoms with Crippen LogP contribution in [0.5, 0.6) is 0 Å².